The quantitative estimate of drug-likeness (QED) is 0.552. The third-order valence-corrected chi connectivity index (χ3v) is 2.74. The van der Waals surface area contributed by atoms with Crippen LogP contribution in [0, 0.1) is 0 Å². The lowest BCUT2D eigenvalue weighted by Gasteiger charge is -2.21. The molecule has 0 spiro atoms. The summed E-state index contributed by atoms with van der Waals surface area (Å²) in [5.41, 5.74) is 2.19. The highest BCUT2D eigenvalue weighted by atomic mass is 16.1. The summed E-state index contributed by atoms with van der Waals surface area (Å²) < 4.78 is 0. The van der Waals surface area contributed by atoms with E-state index in [0.717, 1.165) is 30.6 Å². The molecule has 2 rings (SSSR count). The number of likely N-dealkylation sites (tertiary alicyclic amines) is 1. The van der Waals surface area contributed by atoms with Crippen LogP contribution in [0.5, 0.6) is 0 Å². The van der Waals surface area contributed by atoms with Crippen LogP contribution in [-0.2, 0) is 4.79 Å². The van der Waals surface area contributed by atoms with Crippen LogP contribution in [-0.4, -0.2) is 24.3 Å². The number of aldehydes is 1. The zero-order valence-corrected chi connectivity index (χ0v) is 8.73. The molecule has 2 nitrogen and oxygen atoms in total. The topological polar surface area (TPSA) is 20.3 Å². The Labute approximate surface area is 90.2 Å². The molecule has 1 aliphatic rings. The van der Waals surface area contributed by atoms with Crippen molar-refractivity contribution in [2.45, 2.75) is 12.8 Å². The lowest BCUT2D eigenvalue weighted by Crippen LogP contribution is -2.17. The van der Waals surface area contributed by atoms with Gasteiger partial charge in [-0.1, -0.05) is 30.3 Å². The molecular formula is C13H15NO. The zero-order chi connectivity index (χ0) is 10.5. The number of hydrogen-bond acceptors (Lipinski definition) is 2. The Kier molecular flexibility index (Phi) is 3.18. The molecule has 0 unspecified atom stereocenters. The maximum Gasteiger partial charge on any atom is 0.144 e. The molecule has 1 fully saturated rings. The summed E-state index contributed by atoms with van der Waals surface area (Å²) >= 11 is 0. The molecule has 1 aromatic rings. The highest BCUT2D eigenvalue weighted by Gasteiger charge is 2.15. The standard InChI is InChI=1S/C13H15NO/c15-11-8-13(14-9-4-5-10-14)12-6-2-1-3-7-12/h1-3,6-8,11H,4-5,9-10H2/b13-8+. The van der Waals surface area contributed by atoms with Gasteiger partial charge in [0.05, 0.1) is 0 Å². The van der Waals surface area contributed by atoms with Crippen molar-refractivity contribution < 1.29 is 4.79 Å². The Morgan fingerprint density at radius 1 is 1.13 bits per heavy atom. The second-order valence-corrected chi connectivity index (χ2v) is 3.75. The van der Waals surface area contributed by atoms with Gasteiger partial charge in [0, 0.05) is 24.9 Å². The van der Waals surface area contributed by atoms with Crippen LogP contribution in [0.3, 0.4) is 0 Å². The third-order valence-electron chi connectivity index (χ3n) is 2.74. The van der Waals surface area contributed by atoms with Crippen molar-refractivity contribution in [2.24, 2.45) is 0 Å². The molecule has 2 heteroatoms. The van der Waals surface area contributed by atoms with Crippen LogP contribution >= 0.6 is 0 Å². The average molecular weight is 201 g/mol. The molecule has 0 atom stereocenters. The summed E-state index contributed by atoms with van der Waals surface area (Å²) in [5, 5.41) is 0. The summed E-state index contributed by atoms with van der Waals surface area (Å²) in [7, 11) is 0. The van der Waals surface area contributed by atoms with Gasteiger partial charge in [-0.2, -0.15) is 0 Å². The van der Waals surface area contributed by atoms with Crippen molar-refractivity contribution in [3.63, 3.8) is 0 Å². The van der Waals surface area contributed by atoms with E-state index in [9.17, 15) is 4.79 Å². The van der Waals surface area contributed by atoms with Crippen LogP contribution in [0.25, 0.3) is 5.70 Å². The Hall–Kier alpha value is -1.57. The summed E-state index contributed by atoms with van der Waals surface area (Å²) in [6.07, 6.45) is 4.99. The summed E-state index contributed by atoms with van der Waals surface area (Å²) in [5.74, 6) is 0. The number of nitrogens with zero attached hydrogens (tertiary/aromatic N) is 1. The fraction of sp³-hybridized carbons (Fsp3) is 0.308. The van der Waals surface area contributed by atoms with Crippen LogP contribution in [0.4, 0.5) is 0 Å². The van der Waals surface area contributed by atoms with E-state index in [0.29, 0.717) is 0 Å². The maximum absolute atomic E-state index is 10.6. The normalized spacial score (nSPS) is 16.8. The van der Waals surface area contributed by atoms with E-state index in [2.05, 4.69) is 4.90 Å². The molecule has 78 valence electrons. The van der Waals surface area contributed by atoms with E-state index < -0.39 is 0 Å². The monoisotopic (exact) mass is 201 g/mol. The first-order valence-electron chi connectivity index (χ1n) is 5.37. The number of carbonyl (C=O) groups excluding carboxylic acids is 1. The predicted molar refractivity (Wildman–Crippen MR) is 61.3 cm³/mol. The molecule has 1 aromatic carbocycles. The van der Waals surface area contributed by atoms with Crippen LogP contribution < -0.4 is 0 Å². The van der Waals surface area contributed by atoms with Crippen molar-refractivity contribution in [1.29, 1.82) is 0 Å². The fourth-order valence-corrected chi connectivity index (χ4v) is 2.02. The van der Waals surface area contributed by atoms with Crippen molar-refractivity contribution >= 4 is 12.0 Å². The smallest absolute Gasteiger partial charge is 0.144 e. The van der Waals surface area contributed by atoms with Gasteiger partial charge in [-0.25, -0.2) is 0 Å². The third kappa shape index (κ3) is 2.27. The highest BCUT2D eigenvalue weighted by molar-refractivity contribution is 5.80. The van der Waals surface area contributed by atoms with Gasteiger partial charge in [0.1, 0.15) is 6.29 Å². The van der Waals surface area contributed by atoms with E-state index in [1.807, 2.05) is 30.3 Å². The van der Waals surface area contributed by atoms with Gasteiger partial charge in [-0.05, 0) is 18.4 Å². The molecule has 0 bridgehead atoms. The van der Waals surface area contributed by atoms with Gasteiger partial charge in [0.2, 0.25) is 0 Å². The Bertz CT molecular complexity index is 350. The average Bonchev–Trinajstić information content (AvgIpc) is 2.80. The molecule has 15 heavy (non-hydrogen) atoms. The van der Waals surface area contributed by atoms with Gasteiger partial charge in [0.15, 0.2) is 0 Å². The maximum atomic E-state index is 10.6. The Morgan fingerprint density at radius 3 is 2.40 bits per heavy atom. The molecule has 0 aromatic heterocycles. The first kappa shape index (κ1) is 9.97. The number of carbonyl (C=O) groups is 1. The second kappa shape index (κ2) is 4.78. The summed E-state index contributed by atoms with van der Waals surface area (Å²) in [4.78, 5) is 12.9. The van der Waals surface area contributed by atoms with E-state index in [1.54, 1.807) is 6.08 Å². The molecule has 1 heterocycles. The van der Waals surface area contributed by atoms with Crippen molar-refractivity contribution in [3.8, 4) is 0 Å². The lowest BCUT2D eigenvalue weighted by molar-refractivity contribution is -0.104. The molecule has 0 amide bonds. The lowest BCUT2D eigenvalue weighted by atomic mass is 10.1. The minimum Gasteiger partial charge on any atom is -0.371 e. The van der Waals surface area contributed by atoms with Crippen molar-refractivity contribution in [2.75, 3.05) is 13.1 Å². The molecule has 0 saturated carbocycles. The van der Waals surface area contributed by atoms with Crippen molar-refractivity contribution in [1.82, 2.24) is 4.90 Å². The molecule has 0 radical (unpaired) electrons. The SMILES string of the molecule is O=C/C=C(\c1ccccc1)N1CCCC1. The van der Waals surface area contributed by atoms with Gasteiger partial charge in [-0.15, -0.1) is 0 Å². The van der Waals surface area contributed by atoms with Crippen LogP contribution in [0.2, 0.25) is 0 Å². The first-order chi connectivity index (χ1) is 7.42. The second-order valence-electron chi connectivity index (χ2n) is 3.75. The minimum absolute atomic E-state index is 0.876. The van der Waals surface area contributed by atoms with E-state index in [4.69, 9.17) is 0 Å². The van der Waals surface area contributed by atoms with Gasteiger partial charge >= 0.3 is 0 Å². The van der Waals surface area contributed by atoms with E-state index in [1.165, 1.54) is 12.8 Å². The highest BCUT2D eigenvalue weighted by Crippen LogP contribution is 2.23. The summed E-state index contributed by atoms with van der Waals surface area (Å²) in [6, 6.07) is 10.1. The van der Waals surface area contributed by atoms with Gasteiger partial charge in [0.25, 0.3) is 0 Å². The molecular weight excluding hydrogens is 186 g/mol. The Balaban J connectivity index is 2.27. The predicted octanol–water partition coefficient (Wildman–Crippen LogP) is 2.32. The van der Waals surface area contributed by atoms with Crippen LogP contribution in [0.1, 0.15) is 18.4 Å². The molecule has 1 saturated heterocycles. The zero-order valence-electron chi connectivity index (χ0n) is 8.73. The number of allylic oxidation sites excluding steroid dienone is 1. The summed E-state index contributed by atoms with van der Waals surface area (Å²) in [6.45, 7) is 2.13. The molecule has 0 aliphatic carbocycles. The van der Waals surface area contributed by atoms with E-state index in [-0.39, 0.29) is 0 Å². The van der Waals surface area contributed by atoms with Crippen molar-refractivity contribution in [3.05, 3.63) is 42.0 Å². The number of hydrogen-bond donors (Lipinski definition) is 0. The minimum atomic E-state index is 0.876. The van der Waals surface area contributed by atoms with Crippen LogP contribution in [0.15, 0.2) is 36.4 Å². The Morgan fingerprint density at radius 2 is 1.80 bits per heavy atom. The molecule has 1 aliphatic heterocycles. The van der Waals surface area contributed by atoms with E-state index >= 15 is 0 Å². The first-order valence-corrected chi connectivity index (χ1v) is 5.37. The fourth-order valence-electron chi connectivity index (χ4n) is 2.02. The van der Waals surface area contributed by atoms with Gasteiger partial charge in [-0.3, -0.25) is 4.79 Å². The number of rotatable bonds is 3. The van der Waals surface area contributed by atoms with Gasteiger partial charge < -0.3 is 4.90 Å². The largest absolute Gasteiger partial charge is 0.371 e. The molecule has 0 N–H and O–H groups in total. The number of benzene rings is 1.